The molecule has 0 aliphatic heterocycles. The van der Waals surface area contributed by atoms with Crippen LogP contribution in [0.15, 0.2) is 30.3 Å². The fourth-order valence-corrected chi connectivity index (χ4v) is 1.14. The van der Waals surface area contributed by atoms with Crippen molar-refractivity contribution in [1.82, 2.24) is 5.32 Å². The minimum absolute atomic E-state index is 0.197. The minimum atomic E-state index is -0.324. The number of benzene rings is 1. The van der Waals surface area contributed by atoms with E-state index in [9.17, 15) is 9.18 Å². The number of carbonyl (C=O) groups excluding carboxylic acids is 1. The van der Waals surface area contributed by atoms with Crippen molar-refractivity contribution in [2.75, 3.05) is 6.54 Å². The summed E-state index contributed by atoms with van der Waals surface area (Å²) in [6, 6.07) is 6.34. The zero-order chi connectivity index (χ0) is 12.0. The molecule has 0 bridgehead atoms. The first kappa shape index (κ1) is 12.4. The Morgan fingerprint density at radius 3 is 2.75 bits per heavy atom. The second-order valence-corrected chi connectivity index (χ2v) is 3.99. The van der Waals surface area contributed by atoms with Crippen LogP contribution in [0, 0.1) is 11.7 Å². The SMILES string of the molecule is CC(C)CNC(=O)/C=C/c1ccccc1F. The molecular weight excluding hydrogens is 205 g/mol. The number of carbonyl (C=O) groups is 1. The Hall–Kier alpha value is -1.64. The molecule has 86 valence electrons. The summed E-state index contributed by atoms with van der Waals surface area (Å²) in [5, 5.41) is 2.72. The molecule has 0 aliphatic carbocycles. The molecule has 0 saturated carbocycles. The first-order valence-electron chi connectivity index (χ1n) is 5.30. The average molecular weight is 221 g/mol. The lowest BCUT2D eigenvalue weighted by atomic mass is 10.2. The third-order valence-corrected chi connectivity index (χ3v) is 2.00. The Balaban J connectivity index is 2.54. The standard InChI is InChI=1S/C13H16FNO/c1-10(2)9-15-13(16)8-7-11-5-3-4-6-12(11)14/h3-8,10H,9H2,1-2H3,(H,15,16)/b8-7+. The van der Waals surface area contributed by atoms with Gasteiger partial charge in [-0.25, -0.2) is 4.39 Å². The molecule has 3 heteroatoms. The van der Waals surface area contributed by atoms with Crippen molar-refractivity contribution < 1.29 is 9.18 Å². The van der Waals surface area contributed by atoms with E-state index in [1.165, 1.54) is 18.2 Å². The summed E-state index contributed by atoms with van der Waals surface area (Å²) in [6.45, 7) is 4.65. The van der Waals surface area contributed by atoms with E-state index in [0.717, 1.165) is 0 Å². The van der Waals surface area contributed by atoms with Gasteiger partial charge in [-0.05, 0) is 18.1 Å². The second-order valence-electron chi connectivity index (χ2n) is 3.99. The number of hydrogen-bond acceptors (Lipinski definition) is 1. The molecule has 0 spiro atoms. The van der Waals surface area contributed by atoms with Gasteiger partial charge in [-0.3, -0.25) is 4.79 Å². The molecule has 0 heterocycles. The molecule has 0 aliphatic rings. The molecule has 1 aromatic rings. The summed E-state index contributed by atoms with van der Waals surface area (Å²) in [4.78, 5) is 11.3. The summed E-state index contributed by atoms with van der Waals surface area (Å²) in [6.07, 6.45) is 2.83. The fraction of sp³-hybridized carbons (Fsp3) is 0.308. The Labute approximate surface area is 95.2 Å². The van der Waals surface area contributed by atoms with Crippen LogP contribution in [0.25, 0.3) is 6.08 Å². The third kappa shape index (κ3) is 4.26. The van der Waals surface area contributed by atoms with Crippen LogP contribution < -0.4 is 5.32 Å². The van der Waals surface area contributed by atoms with Gasteiger partial charge in [-0.1, -0.05) is 32.0 Å². The zero-order valence-electron chi connectivity index (χ0n) is 9.53. The summed E-state index contributed by atoms with van der Waals surface area (Å²) >= 11 is 0. The molecule has 16 heavy (non-hydrogen) atoms. The van der Waals surface area contributed by atoms with Crippen LogP contribution in [0.5, 0.6) is 0 Å². The van der Waals surface area contributed by atoms with E-state index in [0.29, 0.717) is 18.0 Å². The Bertz CT molecular complexity index is 385. The van der Waals surface area contributed by atoms with E-state index in [1.54, 1.807) is 18.2 Å². The van der Waals surface area contributed by atoms with Crippen LogP contribution in [0.2, 0.25) is 0 Å². The average Bonchev–Trinajstić information content (AvgIpc) is 2.25. The molecule has 0 aromatic heterocycles. The largest absolute Gasteiger partial charge is 0.352 e. The Morgan fingerprint density at radius 2 is 2.12 bits per heavy atom. The fourth-order valence-electron chi connectivity index (χ4n) is 1.14. The second kappa shape index (κ2) is 6.05. The number of halogens is 1. The van der Waals surface area contributed by atoms with Gasteiger partial charge >= 0.3 is 0 Å². The van der Waals surface area contributed by atoms with Gasteiger partial charge in [-0.2, -0.15) is 0 Å². The molecule has 2 nitrogen and oxygen atoms in total. The highest BCUT2D eigenvalue weighted by Gasteiger charge is 1.99. The van der Waals surface area contributed by atoms with Gasteiger partial charge in [0.2, 0.25) is 5.91 Å². The van der Waals surface area contributed by atoms with Gasteiger partial charge in [0.05, 0.1) is 0 Å². The highest BCUT2D eigenvalue weighted by molar-refractivity contribution is 5.91. The molecule has 0 radical (unpaired) electrons. The summed E-state index contributed by atoms with van der Waals surface area (Å²) in [5.41, 5.74) is 0.419. The third-order valence-electron chi connectivity index (χ3n) is 2.00. The number of amides is 1. The number of nitrogens with one attached hydrogen (secondary N) is 1. The zero-order valence-corrected chi connectivity index (χ0v) is 9.53. The first-order valence-corrected chi connectivity index (χ1v) is 5.30. The monoisotopic (exact) mass is 221 g/mol. The molecule has 1 rings (SSSR count). The van der Waals surface area contributed by atoms with Gasteiger partial charge in [0, 0.05) is 18.2 Å². The smallest absolute Gasteiger partial charge is 0.244 e. The van der Waals surface area contributed by atoms with E-state index in [1.807, 2.05) is 13.8 Å². The van der Waals surface area contributed by atoms with Crippen molar-refractivity contribution >= 4 is 12.0 Å². The van der Waals surface area contributed by atoms with E-state index < -0.39 is 0 Å². The molecule has 0 unspecified atom stereocenters. The lowest BCUT2D eigenvalue weighted by Crippen LogP contribution is -2.25. The van der Waals surface area contributed by atoms with Crippen LogP contribution in [0.3, 0.4) is 0 Å². The lowest BCUT2D eigenvalue weighted by molar-refractivity contribution is -0.116. The van der Waals surface area contributed by atoms with Crippen molar-refractivity contribution in [2.24, 2.45) is 5.92 Å². The van der Waals surface area contributed by atoms with Crippen LogP contribution in [0.1, 0.15) is 19.4 Å². The minimum Gasteiger partial charge on any atom is -0.352 e. The predicted molar refractivity (Wildman–Crippen MR) is 63.3 cm³/mol. The molecule has 0 fully saturated rings. The molecule has 1 amide bonds. The van der Waals surface area contributed by atoms with E-state index in [2.05, 4.69) is 5.32 Å². The van der Waals surface area contributed by atoms with Crippen molar-refractivity contribution in [2.45, 2.75) is 13.8 Å². The summed E-state index contributed by atoms with van der Waals surface area (Å²) < 4.78 is 13.2. The molecule has 0 atom stereocenters. The maximum atomic E-state index is 13.2. The maximum Gasteiger partial charge on any atom is 0.244 e. The highest BCUT2D eigenvalue weighted by atomic mass is 19.1. The maximum absolute atomic E-state index is 13.2. The van der Waals surface area contributed by atoms with E-state index >= 15 is 0 Å². The lowest BCUT2D eigenvalue weighted by Gasteiger charge is -2.04. The molecule has 1 aromatic carbocycles. The van der Waals surface area contributed by atoms with E-state index in [4.69, 9.17) is 0 Å². The van der Waals surface area contributed by atoms with Crippen molar-refractivity contribution in [3.05, 3.63) is 41.7 Å². The summed E-state index contributed by atoms with van der Waals surface area (Å²) in [5.74, 6) is -0.113. The predicted octanol–water partition coefficient (Wildman–Crippen LogP) is 2.61. The summed E-state index contributed by atoms with van der Waals surface area (Å²) in [7, 11) is 0. The van der Waals surface area contributed by atoms with Gasteiger partial charge in [0.25, 0.3) is 0 Å². The molecule has 0 saturated heterocycles. The van der Waals surface area contributed by atoms with Crippen LogP contribution >= 0.6 is 0 Å². The van der Waals surface area contributed by atoms with Crippen LogP contribution in [-0.4, -0.2) is 12.5 Å². The first-order chi connectivity index (χ1) is 7.59. The van der Waals surface area contributed by atoms with E-state index in [-0.39, 0.29) is 11.7 Å². The van der Waals surface area contributed by atoms with Crippen molar-refractivity contribution in [3.8, 4) is 0 Å². The molecule has 1 N–H and O–H groups in total. The van der Waals surface area contributed by atoms with Crippen molar-refractivity contribution in [3.63, 3.8) is 0 Å². The van der Waals surface area contributed by atoms with Gasteiger partial charge in [0.1, 0.15) is 5.82 Å². The van der Waals surface area contributed by atoms with Gasteiger partial charge in [-0.15, -0.1) is 0 Å². The van der Waals surface area contributed by atoms with Crippen LogP contribution in [-0.2, 0) is 4.79 Å². The van der Waals surface area contributed by atoms with Crippen LogP contribution in [0.4, 0.5) is 4.39 Å². The highest BCUT2D eigenvalue weighted by Crippen LogP contribution is 2.07. The normalized spacial score (nSPS) is 11.0. The number of hydrogen-bond donors (Lipinski definition) is 1. The topological polar surface area (TPSA) is 29.1 Å². The van der Waals surface area contributed by atoms with Crippen molar-refractivity contribution in [1.29, 1.82) is 0 Å². The molecular formula is C13H16FNO. The Kier molecular flexibility index (Phi) is 4.70. The Morgan fingerprint density at radius 1 is 1.44 bits per heavy atom. The van der Waals surface area contributed by atoms with Gasteiger partial charge < -0.3 is 5.32 Å². The number of rotatable bonds is 4. The quantitative estimate of drug-likeness (QED) is 0.778. The van der Waals surface area contributed by atoms with Gasteiger partial charge in [0.15, 0.2) is 0 Å².